The standard InChI is InChI=1S/C17H20N4O2/c1-13-4-2-3-5-14(13)10-18-17-19-11-15(12-20-17)16(22)21-6-8-23-9-7-21/h2-5,11-12H,6-10H2,1H3,(H,18,19,20). The summed E-state index contributed by atoms with van der Waals surface area (Å²) in [6.07, 6.45) is 3.15. The Kier molecular flexibility index (Phi) is 4.83. The van der Waals surface area contributed by atoms with Crippen molar-refractivity contribution in [2.45, 2.75) is 13.5 Å². The van der Waals surface area contributed by atoms with Crippen LogP contribution in [0, 0.1) is 6.92 Å². The normalized spacial score (nSPS) is 14.6. The molecule has 1 fully saturated rings. The number of ether oxygens (including phenoxy) is 1. The number of carbonyl (C=O) groups is 1. The van der Waals surface area contributed by atoms with E-state index >= 15 is 0 Å². The van der Waals surface area contributed by atoms with E-state index in [0.717, 1.165) is 0 Å². The number of amides is 1. The third-order valence-electron chi connectivity index (χ3n) is 3.90. The van der Waals surface area contributed by atoms with Crippen molar-refractivity contribution in [3.63, 3.8) is 0 Å². The van der Waals surface area contributed by atoms with E-state index in [4.69, 9.17) is 4.74 Å². The topological polar surface area (TPSA) is 67.4 Å². The van der Waals surface area contributed by atoms with Gasteiger partial charge in [0.15, 0.2) is 0 Å². The summed E-state index contributed by atoms with van der Waals surface area (Å²) in [7, 11) is 0. The molecule has 1 aromatic heterocycles. The maximum absolute atomic E-state index is 12.3. The Labute approximate surface area is 135 Å². The molecule has 0 atom stereocenters. The van der Waals surface area contributed by atoms with Crippen molar-refractivity contribution in [3.8, 4) is 0 Å². The fraction of sp³-hybridized carbons (Fsp3) is 0.353. The average Bonchev–Trinajstić information content (AvgIpc) is 2.62. The zero-order chi connectivity index (χ0) is 16.1. The number of hydrogen-bond donors (Lipinski definition) is 1. The molecule has 23 heavy (non-hydrogen) atoms. The van der Waals surface area contributed by atoms with Crippen molar-refractivity contribution in [1.29, 1.82) is 0 Å². The molecular weight excluding hydrogens is 292 g/mol. The molecule has 3 rings (SSSR count). The van der Waals surface area contributed by atoms with Crippen LogP contribution in [-0.2, 0) is 11.3 Å². The number of rotatable bonds is 4. The molecule has 0 unspecified atom stereocenters. The molecule has 1 aliphatic rings. The second kappa shape index (κ2) is 7.19. The van der Waals surface area contributed by atoms with E-state index in [9.17, 15) is 4.79 Å². The van der Waals surface area contributed by atoms with E-state index in [1.165, 1.54) is 11.1 Å². The van der Waals surface area contributed by atoms with Crippen LogP contribution in [0.15, 0.2) is 36.7 Å². The maximum Gasteiger partial charge on any atom is 0.257 e. The van der Waals surface area contributed by atoms with E-state index in [1.807, 2.05) is 12.1 Å². The van der Waals surface area contributed by atoms with Gasteiger partial charge < -0.3 is 15.0 Å². The van der Waals surface area contributed by atoms with Crippen LogP contribution in [0.2, 0.25) is 0 Å². The minimum Gasteiger partial charge on any atom is -0.378 e. The number of nitrogens with zero attached hydrogens (tertiary/aromatic N) is 3. The lowest BCUT2D eigenvalue weighted by Crippen LogP contribution is -2.40. The number of aryl methyl sites for hydroxylation is 1. The molecule has 6 nitrogen and oxygen atoms in total. The smallest absolute Gasteiger partial charge is 0.257 e. The van der Waals surface area contributed by atoms with Gasteiger partial charge >= 0.3 is 0 Å². The van der Waals surface area contributed by atoms with E-state index in [0.29, 0.717) is 44.4 Å². The summed E-state index contributed by atoms with van der Waals surface area (Å²) in [5.74, 6) is 0.477. The Morgan fingerprint density at radius 1 is 1.22 bits per heavy atom. The summed E-state index contributed by atoms with van der Waals surface area (Å²) in [4.78, 5) is 22.5. The molecule has 1 saturated heterocycles. The van der Waals surface area contributed by atoms with Crippen molar-refractivity contribution >= 4 is 11.9 Å². The van der Waals surface area contributed by atoms with Crippen LogP contribution in [0.4, 0.5) is 5.95 Å². The Bertz CT molecular complexity index is 667. The van der Waals surface area contributed by atoms with Gasteiger partial charge in [0.25, 0.3) is 5.91 Å². The molecule has 120 valence electrons. The maximum atomic E-state index is 12.3. The fourth-order valence-corrected chi connectivity index (χ4v) is 2.46. The first kappa shape index (κ1) is 15.4. The summed E-state index contributed by atoms with van der Waals surface area (Å²) in [6.45, 7) is 5.13. The van der Waals surface area contributed by atoms with E-state index in [-0.39, 0.29) is 5.91 Å². The summed E-state index contributed by atoms with van der Waals surface area (Å²) in [5.41, 5.74) is 2.93. The van der Waals surface area contributed by atoms with Gasteiger partial charge in [-0.1, -0.05) is 24.3 Å². The minimum atomic E-state index is -0.0428. The largest absolute Gasteiger partial charge is 0.378 e. The number of hydrogen-bond acceptors (Lipinski definition) is 5. The highest BCUT2D eigenvalue weighted by Gasteiger charge is 2.19. The van der Waals surface area contributed by atoms with Crippen LogP contribution in [-0.4, -0.2) is 47.1 Å². The Hall–Kier alpha value is -2.47. The summed E-state index contributed by atoms with van der Waals surface area (Å²) >= 11 is 0. The number of nitrogens with one attached hydrogen (secondary N) is 1. The molecule has 0 saturated carbocycles. The predicted octanol–water partition coefficient (Wildman–Crippen LogP) is 1.87. The lowest BCUT2D eigenvalue weighted by molar-refractivity contribution is 0.0302. The first-order valence-corrected chi connectivity index (χ1v) is 7.71. The van der Waals surface area contributed by atoms with Crippen LogP contribution < -0.4 is 5.32 Å². The number of carbonyl (C=O) groups excluding carboxylic acids is 1. The quantitative estimate of drug-likeness (QED) is 0.933. The minimum absolute atomic E-state index is 0.0428. The lowest BCUT2D eigenvalue weighted by atomic mass is 10.1. The van der Waals surface area contributed by atoms with Crippen molar-refractivity contribution in [1.82, 2.24) is 14.9 Å². The highest BCUT2D eigenvalue weighted by atomic mass is 16.5. The first-order valence-electron chi connectivity index (χ1n) is 7.71. The van der Waals surface area contributed by atoms with Crippen LogP contribution in [0.1, 0.15) is 21.5 Å². The van der Waals surface area contributed by atoms with Crippen LogP contribution >= 0.6 is 0 Å². The van der Waals surface area contributed by atoms with Gasteiger partial charge in [-0.3, -0.25) is 4.79 Å². The Morgan fingerprint density at radius 3 is 2.61 bits per heavy atom. The zero-order valence-corrected chi connectivity index (χ0v) is 13.2. The predicted molar refractivity (Wildman–Crippen MR) is 87.3 cm³/mol. The van der Waals surface area contributed by atoms with Crippen LogP contribution in [0.3, 0.4) is 0 Å². The third-order valence-corrected chi connectivity index (χ3v) is 3.90. The van der Waals surface area contributed by atoms with E-state index in [2.05, 4.69) is 34.3 Å². The number of anilines is 1. The number of morpholine rings is 1. The molecular formula is C17H20N4O2. The van der Waals surface area contributed by atoms with Crippen LogP contribution in [0.25, 0.3) is 0 Å². The van der Waals surface area contributed by atoms with Crippen molar-refractivity contribution in [2.24, 2.45) is 0 Å². The van der Waals surface area contributed by atoms with Gasteiger partial charge in [0.2, 0.25) is 5.95 Å². The summed E-state index contributed by atoms with van der Waals surface area (Å²) in [6, 6.07) is 8.16. The van der Waals surface area contributed by atoms with Crippen molar-refractivity contribution < 1.29 is 9.53 Å². The molecule has 0 spiro atoms. The second-order valence-electron chi connectivity index (χ2n) is 5.48. The van der Waals surface area contributed by atoms with Gasteiger partial charge in [-0.05, 0) is 18.1 Å². The molecule has 6 heteroatoms. The van der Waals surface area contributed by atoms with Crippen molar-refractivity contribution in [2.75, 3.05) is 31.6 Å². The Balaban J connectivity index is 1.60. The van der Waals surface area contributed by atoms with Gasteiger partial charge in [0.05, 0.1) is 18.8 Å². The van der Waals surface area contributed by atoms with Gasteiger partial charge in [-0.15, -0.1) is 0 Å². The third kappa shape index (κ3) is 3.84. The fourth-order valence-electron chi connectivity index (χ4n) is 2.46. The molecule has 0 bridgehead atoms. The monoisotopic (exact) mass is 312 g/mol. The van der Waals surface area contributed by atoms with Gasteiger partial charge in [0, 0.05) is 32.0 Å². The molecule has 2 heterocycles. The molecule has 1 amide bonds. The number of aromatic nitrogens is 2. The van der Waals surface area contributed by atoms with Crippen molar-refractivity contribution in [3.05, 3.63) is 53.3 Å². The highest BCUT2D eigenvalue weighted by molar-refractivity contribution is 5.93. The molecule has 2 aromatic rings. The Morgan fingerprint density at radius 2 is 1.91 bits per heavy atom. The SMILES string of the molecule is Cc1ccccc1CNc1ncc(C(=O)N2CCOCC2)cn1. The van der Waals surface area contributed by atoms with E-state index in [1.54, 1.807) is 17.3 Å². The van der Waals surface area contributed by atoms with Gasteiger partial charge in [-0.2, -0.15) is 0 Å². The van der Waals surface area contributed by atoms with Gasteiger partial charge in [-0.25, -0.2) is 9.97 Å². The molecule has 1 N–H and O–H groups in total. The molecule has 1 aliphatic heterocycles. The van der Waals surface area contributed by atoms with Gasteiger partial charge in [0.1, 0.15) is 0 Å². The summed E-state index contributed by atoms with van der Waals surface area (Å²) in [5, 5.41) is 3.18. The average molecular weight is 312 g/mol. The molecule has 1 aromatic carbocycles. The first-order chi connectivity index (χ1) is 11.2. The number of benzene rings is 1. The summed E-state index contributed by atoms with van der Waals surface area (Å²) < 4.78 is 5.25. The lowest BCUT2D eigenvalue weighted by Gasteiger charge is -2.26. The zero-order valence-electron chi connectivity index (χ0n) is 13.2. The molecule has 0 radical (unpaired) electrons. The molecule has 0 aliphatic carbocycles. The van der Waals surface area contributed by atoms with Crippen LogP contribution in [0.5, 0.6) is 0 Å². The second-order valence-corrected chi connectivity index (χ2v) is 5.48. The highest BCUT2D eigenvalue weighted by Crippen LogP contribution is 2.10. The van der Waals surface area contributed by atoms with E-state index < -0.39 is 0 Å².